The number of aromatic hydroxyl groups is 1. The van der Waals surface area contributed by atoms with Crippen LogP contribution in [0.15, 0.2) is 54.6 Å². The number of fused-ring (bicyclic) bond motifs is 3. The van der Waals surface area contributed by atoms with Crippen molar-refractivity contribution in [3.05, 3.63) is 93.5 Å². The zero-order chi connectivity index (χ0) is 40.4. The van der Waals surface area contributed by atoms with Crippen molar-refractivity contribution in [2.45, 2.75) is 95.6 Å². The van der Waals surface area contributed by atoms with Gasteiger partial charge in [-0.1, -0.05) is 18.2 Å². The number of phenols is 1. The van der Waals surface area contributed by atoms with E-state index < -0.39 is 36.1 Å². The number of imide groups is 2. The molecule has 2 N–H and O–H groups in total. The maximum Gasteiger partial charge on any atom is 0.262 e. The third-order valence-corrected chi connectivity index (χ3v) is 13.4. The van der Waals surface area contributed by atoms with Gasteiger partial charge in [0.05, 0.1) is 23.7 Å². The molecule has 9 rings (SSSR count). The third-order valence-electron chi connectivity index (χ3n) is 13.4. The largest absolute Gasteiger partial charge is 0.508 e. The molecule has 3 fully saturated rings. The van der Waals surface area contributed by atoms with Gasteiger partial charge in [0.25, 0.3) is 18.2 Å². The van der Waals surface area contributed by atoms with Crippen molar-refractivity contribution in [1.29, 1.82) is 0 Å². The molecular weight excluding hydrogens is 747 g/mol. The average molecular weight is 795 g/mol. The number of amides is 5. The van der Waals surface area contributed by atoms with Gasteiger partial charge in [0, 0.05) is 69.4 Å². The van der Waals surface area contributed by atoms with Gasteiger partial charge >= 0.3 is 0 Å². The Morgan fingerprint density at radius 1 is 0.828 bits per heavy atom. The number of phenolic OH excluding ortho intramolecular Hbond substituents is 1. The Hall–Kier alpha value is -5.21. The van der Waals surface area contributed by atoms with Crippen LogP contribution in [0.4, 0.5) is 14.5 Å². The Balaban J connectivity index is 0.776. The number of hydrogen-bond acceptors (Lipinski definition) is 9. The number of anilines is 1. The summed E-state index contributed by atoms with van der Waals surface area (Å²) < 4.78 is 27.5. The number of rotatable bonds is 7. The average Bonchev–Trinajstić information content (AvgIpc) is 3.74. The van der Waals surface area contributed by atoms with E-state index in [1.807, 2.05) is 34.9 Å². The van der Waals surface area contributed by atoms with E-state index in [1.54, 1.807) is 24.3 Å². The number of benzene rings is 3. The van der Waals surface area contributed by atoms with Crippen LogP contribution in [0.3, 0.4) is 0 Å². The SMILES string of the molecule is C[C@@H]1Cc2cc(O)ccc2[C@@H](c2ccc(N3CCC(C(=O)N4CCC(N5Cc6cc7c(cc6C5)C(=O)N(C5CCC(=O)NC5=O)C7=O)CC4)CC3)cc2)N1CC(F)F. The van der Waals surface area contributed by atoms with Gasteiger partial charge in [-0.15, -0.1) is 0 Å². The molecule has 3 aromatic carbocycles. The van der Waals surface area contributed by atoms with Crippen LogP contribution >= 0.6 is 0 Å². The maximum absolute atomic E-state index is 13.7. The van der Waals surface area contributed by atoms with Crippen LogP contribution in [-0.4, -0.2) is 112 Å². The number of halogens is 2. The fraction of sp³-hybridized carbons (Fsp3) is 0.477. The lowest BCUT2D eigenvalue weighted by atomic mass is 9.85. The summed E-state index contributed by atoms with van der Waals surface area (Å²) in [5.74, 6) is -1.66. The first-order valence-corrected chi connectivity index (χ1v) is 20.5. The Kier molecular flexibility index (Phi) is 10.0. The Morgan fingerprint density at radius 3 is 2.10 bits per heavy atom. The molecule has 1 unspecified atom stereocenters. The van der Waals surface area contributed by atoms with Gasteiger partial charge in [0.2, 0.25) is 17.7 Å². The van der Waals surface area contributed by atoms with Gasteiger partial charge in [-0.3, -0.25) is 44.0 Å². The van der Waals surface area contributed by atoms with Crippen molar-refractivity contribution in [1.82, 2.24) is 24.9 Å². The van der Waals surface area contributed by atoms with Gasteiger partial charge < -0.3 is 14.9 Å². The van der Waals surface area contributed by atoms with Gasteiger partial charge in [-0.25, -0.2) is 8.78 Å². The molecule has 5 amide bonds. The highest BCUT2D eigenvalue weighted by Gasteiger charge is 2.46. The summed E-state index contributed by atoms with van der Waals surface area (Å²) >= 11 is 0. The molecular formula is C44H48F2N6O6. The first kappa shape index (κ1) is 38.3. The van der Waals surface area contributed by atoms with E-state index >= 15 is 0 Å². The number of piperidine rings is 3. The van der Waals surface area contributed by atoms with E-state index in [0.717, 1.165) is 77.2 Å². The Morgan fingerprint density at radius 2 is 1.48 bits per heavy atom. The van der Waals surface area contributed by atoms with E-state index in [9.17, 15) is 37.9 Å². The molecule has 0 bridgehead atoms. The van der Waals surface area contributed by atoms with Crippen molar-refractivity contribution in [2.24, 2.45) is 5.92 Å². The van der Waals surface area contributed by atoms with Crippen molar-refractivity contribution in [3.63, 3.8) is 0 Å². The first-order chi connectivity index (χ1) is 27.9. The molecule has 304 valence electrons. The van der Waals surface area contributed by atoms with E-state index in [1.165, 1.54) is 0 Å². The van der Waals surface area contributed by atoms with E-state index in [2.05, 4.69) is 27.2 Å². The minimum Gasteiger partial charge on any atom is -0.508 e. The first-order valence-electron chi connectivity index (χ1n) is 20.5. The van der Waals surface area contributed by atoms with E-state index in [0.29, 0.717) is 43.7 Å². The highest BCUT2D eigenvalue weighted by Crippen LogP contribution is 2.41. The number of nitrogens with zero attached hydrogens (tertiary/aromatic N) is 5. The second-order valence-electron chi connectivity index (χ2n) is 16.9. The predicted octanol–water partition coefficient (Wildman–Crippen LogP) is 4.62. The van der Waals surface area contributed by atoms with Crippen molar-refractivity contribution >= 4 is 35.2 Å². The number of likely N-dealkylation sites (tertiary alicyclic amines) is 1. The molecule has 12 nitrogen and oxygen atoms in total. The van der Waals surface area contributed by atoms with Crippen LogP contribution in [-0.2, 0) is 33.9 Å². The lowest BCUT2D eigenvalue weighted by molar-refractivity contribution is -0.138. The number of carbonyl (C=O) groups is 5. The predicted molar refractivity (Wildman–Crippen MR) is 209 cm³/mol. The smallest absolute Gasteiger partial charge is 0.262 e. The normalized spacial score (nSPS) is 24.7. The molecule has 0 saturated carbocycles. The number of alkyl halides is 2. The summed E-state index contributed by atoms with van der Waals surface area (Å²) in [6, 6.07) is 15.8. The van der Waals surface area contributed by atoms with Gasteiger partial charge in [0.1, 0.15) is 11.8 Å². The molecule has 6 heterocycles. The second-order valence-corrected chi connectivity index (χ2v) is 16.9. The third kappa shape index (κ3) is 6.93. The van der Waals surface area contributed by atoms with Crippen molar-refractivity contribution in [2.75, 3.05) is 37.6 Å². The summed E-state index contributed by atoms with van der Waals surface area (Å²) in [6.45, 7) is 5.77. The van der Waals surface area contributed by atoms with Gasteiger partial charge in [0.15, 0.2) is 0 Å². The summed E-state index contributed by atoms with van der Waals surface area (Å²) in [6.07, 6.45) is 1.52. The van der Waals surface area contributed by atoms with Gasteiger partial charge in [-0.05, 0) is 110 Å². The molecule has 6 aliphatic heterocycles. The standard InChI is InChI=1S/C44H48F2N6O6/c1-25-18-28-19-33(53)6-7-34(28)40(51(25)24-38(45)46)26-2-4-31(5-3-26)48-14-10-27(11-15-48)42(56)49-16-12-32(13-17-49)50-22-29-20-35-36(21-30(29)23-50)44(58)52(43(35)57)37-8-9-39(54)47-41(37)55/h2-7,19-21,25,27,32,37-38,40,53H,8-18,22-24H2,1H3,(H,47,54,55)/t25-,37?,40-/m1/s1. The molecule has 0 aromatic heterocycles. The fourth-order valence-corrected chi connectivity index (χ4v) is 10.3. The summed E-state index contributed by atoms with van der Waals surface area (Å²) in [5, 5.41) is 12.4. The number of hydrogen-bond donors (Lipinski definition) is 2. The molecule has 3 atom stereocenters. The molecule has 0 radical (unpaired) electrons. The maximum atomic E-state index is 13.7. The van der Waals surface area contributed by atoms with E-state index in [4.69, 9.17) is 0 Å². The lowest BCUT2D eigenvalue weighted by Crippen LogP contribution is -2.54. The zero-order valence-corrected chi connectivity index (χ0v) is 32.5. The molecule has 0 aliphatic carbocycles. The minimum absolute atomic E-state index is 0.0418. The highest BCUT2D eigenvalue weighted by molar-refractivity contribution is 6.23. The second kappa shape index (κ2) is 15.2. The molecule has 14 heteroatoms. The van der Waals surface area contributed by atoms with Crippen LogP contribution < -0.4 is 10.2 Å². The van der Waals surface area contributed by atoms with Gasteiger partial charge in [-0.2, -0.15) is 0 Å². The number of carbonyl (C=O) groups excluding carboxylic acids is 5. The summed E-state index contributed by atoms with van der Waals surface area (Å²) in [4.78, 5) is 74.1. The van der Waals surface area contributed by atoms with Crippen LogP contribution in [0.5, 0.6) is 5.75 Å². The zero-order valence-electron chi connectivity index (χ0n) is 32.5. The molecule has 58 heavy (non-hydrogen) atoms. The van der Waals surface area contributed by atoms with E-state index in [-0.39, 0.29) is 55.1 Å². The monoisotopic (exact) mass is 794 g/mol. The van der Waals surface area contributed by atoms with Crippen molar-refractivity contribution in [3.8, 4) is 5.75 Å². The molecule has 3 aromatic rings. The van der Waals surface area contributed by atoms with Crippen LogP contribution in [0.2, 0.25) is 0 Å². The van der Waals surface area contributed by atoms with Crippen LogP contribution in [0.25, 0.3) is 0 Å². The molecule has 6 aliphatic rings. The highest BCUT2D eigenvalue weighted by atomic mass is 19.3. The summed E-state index contributed by atoms with van der Waals surface area (Å²) in [5.41, 5.74) is 6.50. The number of nitrogens with one attached hydrogen (secondary N) is 1. The summed E-state index contributed by atoms with van der Waals surface area (Å²) in [7, 11) is 0. The Bertz CT molecular complexity index is 2120. The Labute approximate surface area is 335 Å². The molecule has 0 spiro atoms. The topological polar surface area (TPSA) is 134 Å². The van der Waals surface area contributed by atoms with Crippen LogP contribution in [0, 0.1) is 5.92 Å². The minimum atomic E-state index is -2.46. The quantitative estimate of drug-likeness (QED) is 0.329. The van der Waals surface area contributed by atoms with Crippen LogP contribution in [0.1, 0.15) is 100 Å². The van der Waals surface area contributed by atoms with Crippen molar-refractivity contribution < 1.29 is 37.9 Å². The lowest BCUT2D eigenvalue weighted by Gasteiger charge is -2.42. The fourth-order valence-electron chi connectivity index (χ4n) is 10.3. The molecule has 3 saturated heterocycles.